The van der Waals surface area contributed by atoms with Crippen LogP contribution in [0.5, 0.6) is 0 Å². The summed E-state index contributed by atoms with van der Waals surface area (Å²) in [6.45, 7) is 3.73. The highest BCUT2D eigenvalue weighted by Crippen LogP contribution is 2.23. The number of anilines is 1. The van der Waals surface area contributed by atoms with E-state index in [4.69, 9.17) is 4.52 Å². The van der Waals surface area contributed by atoms with Gasteiger partial charge in [-0.2, -0.15) is 0 Å². The van der Waals surface area contributed by atoms with Crippen molar-refractivity contribution in [1.29, 1.82) is 0 Å². The molecular weight excluding hydrogens is 284 g/mol. The van der Waals surface area contributed by atoms with Crippen molar-refractivity contribution in [3.05, 3.63) is 45.8 Å². The molecule has 0 atom stereocenters. The third-order valence-corrected chi connectivity index (χ3v) is 2.91. The number of benzene rings is 1. The maximum atomic E-state index is 11.8. The van der Waals surface area contributed by atoms with Crippen LogP contribution in [-0.2, 0) is 0 Å². The Labute approximate surface area is 107 Å². The van der Waals surface area contributed by atoms with Gasteiger partial charge in [-0.1, -0.05) is 11.2 Å². The van der Waals surface area contributed by atoms with Crippen LogP contribution in [-0.4, -0.2) is 11.1 Å². The van der Waals surface area contributed by atoms with Crippen molar-refractivity contribution in [2.24, 2.45) is 0 Å². The van der Waals surface area contributed by atoms with Gasteiger partial charge in [-0.05, 0) is 47.5 Å². The molecule has 1 N–H and O–H groups in total. The molecule has 5 heteroatoms. The number of carbonyl (C=O) groups excluding carboxylic acids is 1. The van der Waals surface area contributed by atoms with E-state index in [9.17, 15) is 4.79 Å². The minimum atomic E-state index is -0.308. The van der Waals surface area contributed by atoms with Gasteiger partial charge >= 0.3 is 0 Å². The van der Waals surface area contributed by atoms with Gasteiger partial charge in [0.2, 0.25) is 5.76 Å². The Morgan fingerprint density at radius 2 is 2.12 bits per heavy atom. The average Bonchev–Trinajstić information content (AvgIpc) is 2.70. The lowest BCUT2D eigenvalue weighted by Gasteiger charge is -2.06. The second kappa shape index (κ2) is 4.71. The maximum absolute atomic E-state index is 11.8. The molecule has 0 saturated carbocycles. The summed E-state index contributed by atoms with van der Waals surface area (Å²) >= 11 is 3.38. The molecule has 0 fully saturated rings. The second-order valence-electron chi connectivity index (χ2n) is 3.77. The third-order valence-electron chi connectivity index (χ3n) is 2.22. The molecule has 88 valence electrons. The number of hydrogen-bond donors (Lipinski definition) is 1. The molecule has 0 unspecified atom stereocenters. The normalized spacial score (nSPS) is 10.3. The van der Waals surface area contributed by atoms with Crippen molar-refractivity contribution < 1.29 is 9.32 Å². The Balaban J connectivity index is 2.21. The molecule has 1 aromatic heterocycles. The smallest absolute Gasteiger partial charge is 0.294 e. The molecule has 2 aromatic rings. The maximum Gasteiger partial charge on any atom is 0.294 e. The molecule has 1 amide bonds. The first kappa shape index (κ1) is 11.9. The van der Waals surface area contributed by atoms with Gasteiger partial charge in [0.05, 0.1) is 11.4 Å². The second-order valence-corrected chi connectivity index (χ2v) is 4.62. The largest absolute Gasteiger partial charge is 0.351 e. The van der Waals surface area contributed by atoms with Gasteiger partial charge in [0, 0.05) is 10.5 Å². The van der Waals surface area contributed by atoms with Crippen LogP contribution in [0.25, 0.3) is 0 Å². The van der Waals surface area contributed by atoms with E-state index in [2.05, 4.69) is 26.4 Å². The number of nitrogens with zero attached hydrogens (tertiary/aromatic N) is 1. The number of carbonyl (C=O) groups is 1. The van der Waals surface area contributed by atoms with E-state index in [1.165, 1.54) is 0 Å². The van der Waals surface area contributed by atoms with Gasteiger partial charge in [0.15, 0.2) is 0 Å². The van der Waals surface area contributed by atoms with Crippen molar-refractivity contribution in [1.82, 2.24) is 5.16 Å². The Morgan fingerprint density at radius 3 is 2.76 bits per heavy atom. The summed E-state index contributed by atoms with van der Waals surface area (Å²) in [5.41, 5.74) is 2.46. The van der Waals surface area contributed by atoms with E-state index in [0.29, 0.717) is 11.4 Å². The Bertz CT molecular complexity index is 563. The molecule has 2 rings (SSSR count). The summed E-state index contributed by atoms with van der Waals surface area (Å²) in [5, 5.41) is 6.43. The molecule has 0 spiro atoms. The number of halogens is 1. The molecule has 17 heavy (non-hydrogen) atoms. The van der Waals surface area contributed by atoms with Gasteiger partial charge in [0.1, 0.15) is 0 Å². The average molecular weight is 295 g/mol. The Hall–Kier alpha value is -1.62. The molecule has 4 nitrogen and oxygen atoms in total. The predicted octanol–water partition coefficient (Wildman–Crippen LogP) is 3.31. The predicted molar refractivity (Wildman–Crippen MR) is 68.1 cm³/mol. The standard InChI is InChI=1S/C12H11BrN2O2/c1-7-3-4-9(13)10(5-7)14-12(16)11-6-8(2)15-17-11/h3-6H,1-2H3,(H,14,16). The first-order valence-electron chi connectivity index (χ1n) is 5.07. The summed E-state index contributed by atoms with van der Waals surface area (Å²) in [5.74, 6) is -0.104. The molecule has 1 aromatic carbocycles. The van der Waals surface area contributed by atoms with Crippen molar-refractivity contribution >= 4 is 27.5 Å². The molecule has 0 bridgehead atoms. The van der Waals surface area contributed by atoms with E-state index in [1.807, 2.05) is 25.1 Å². The summed E-state index contributed by atoms with van der Waals surface area (Å²) < 4.78 is 5.72. The van der Waals surface area contributed by atoms with E-state index < -0.39 is 0 Å². The van der Waals surface area contributed by atoms with Crippen molar-refractivity contribution in [3.8, 4) is 0 Å². The number of rotatable bonds is 2. The van der Waals surface area contributed by atoms with Gasteiger partial charge < -0.3 is 9.84 Å². The summed E-state index contributed by atoms with van der Waals surface area (Å²) in [6, 6.07) is 7.32. The highest BCUT2D eigenvalue weighted by molar-refractivity contribution is 9.10. The Morgan fingerprint density at radius 1 is 1.35 bits per heavy atom. The van der Waals surface area contributed by atoms with Crippen LogP contribution in [0.4, 0.5) is 5.69 Å². The number of nitrogens with one attached hydrogen (secondary N) is 1. The van der Waals surface area contributed by atoms with E-state index >= 15 is 0 Å². The SMILES string of the molecule is Cc1ccc(Br)c(NC(=O)c2cc(C)no2)c1. The summed E-state index contributed by atoms with van der Waals surface area (Å²) in [4.78, 5) is 11.8. The highest BCUT2D eigenvalue weighted by atomic mass is 79.9. The fraction of sp³-hybridized carbons (Fsp3) is 0.167. The van der Waals surface area contributed by atoms with Crippen molar-refractivity contribution in [3.63, 3.8) is 0 Å². The zero-order chi connectivity index (χ0) is 12.4. The van der Waals surface area contributed by atoms with Gasteiger partial charge in [-0.15, -0.1) is 0 Å². The quantitative estimate of drug-likeness (QED) is 0.924. The van der Waals surface area contributed by atoms with E-state index in [1.54, 1.807) is 13.0 Å². The summed E-state index contributed by atoms with van der Waals surface area (Å²) in [6.07, 6.45) is 0. The van der Waals surface area contributed by atoms with Crippen LogP contribution in [0.3, 0.4) is 0 Å². The molecule has 0 radical (unpaired) electrons. The van der Waals surface area contributed by atoms with Crippen LogP contribution in [0.2, 0.25) is 0 Å². The first-order chi connectivity index (χ1) is 8.06. The van der Waals surface area contributed by atoms with Crippen LogP contribution >= 0.6 is 15.9 Å². The fourth-order valence-electron chi connectivity index (χ4n) is 1.39. The molecule has 0 saturated heterocycles. The minimum Gasteiger partial charge on any atom is -0.351 e. The lowest BCUT2D eigenvalue weighted by Crippen LogP contribution is -2.11. The summed E-state index contributed by atoms with van der Waals surface area (Å²) in [7, 11) is 0. The third kappa shape index (κ3) is 2.74. The van der Waals surface area contributed by atoms with Crippen LogP contribution < -0.4 is 5.32 Å². The van der Waals surface area contributed by atoms with Crippen molar-refractivity contribution in [2.75, 3.05) is 5.32 Å². The molecule has 0 aliphatic rings. The van der Waals surface area contributed by atoms with Crippen molar-refractivity contribution in [2.45, 2.75) is 13.8 Å². The number of hydrogen-bond acceptors (Lipinski definition) is 3. The highest BCUT2D eigenvalue weighted by Gasteiger charge is 2.13. The van der Waals surface area contributed by atoms with Crippen LogP contribution in [0.1, 0.15) is 21.8 Å². The number of aromatic nitrogens is 1. The zero-order valence-electron chi connectivity index (χ0n) is 9.45. The molecule has 0 aliphatic carbocycles. The van der Waals surface area contributed by atoms with Crippen LogP contribution in [0, 0.1) is 13.8 Å². The number of aryl methyl sites for hydroxylation is 2. The van der Waals surface area contributed by atoms with Gasteiger partial charge in [0.25, 0.3) is 5.91 Å². The zero-order valence-corrected chi connectivity index (χ0v) is 11.0. The monoisotopic (exact) mass is 294 g/mol. The Kier molecular flexibility index (Phi) is 3.28. The number of amides is 1. The van der Waals surface area contributed by atoms with E-state index in [-0.39, 0.29) is 11.7 Å². The lowest BCUT2D eigenvalue weighted by atomic mass is 10.2. The fourth-order valence-corrected chi connectivity index (χ4v) is 1.74. The van der Waals surface area contributed by atoms with Gasteiger partial charge in [-0.3, -0.25) is 4.79 Å². The molecule has 0 aliphatic heterocycles. The first-order valence-corrected chi connectivity index (χ1v) is 5.86. The molecule has 1 heterocycles. The topological polar surface area (TPSA) is 55.1 Å². The lowest BCUT2D eigenvalue weighted by molar-refractivity contribution is 0.0988. The minimum absolute atomic E-state index is 0.205. The van der Waals surface area contributed by atoms with Gasteiger partial charge in [-0.25, -0.2) is 0 Å². The molecular formula is C12H11BrN2O2. The van der Waals surface area contributed by atoms with Crippen LogP contribution in [0.15, 0.2) is 33.3 Å². The van der Waals surface area contributed by atoms with E-state index in [0.717, 1.165) is 10.0 Å².